The largest absolute Gasteiger partial charge is 0.454 e. The highest BCUT2D eigenvalue weighted by Crippen LogP contribution is 2.44. The van der Waals surface area contributed by atoms with E-state index in [1.54, 1.807) is 6.92 Å². The molecule has 6 heteroatoms. The predicted molar refractivity (Wildman–Crippen MR) is 159 cm³/mol. The van der Waals surface area contributed by atoms with Crippen molar-refractivity contribution in [3.63, 3.8) is 0 Å². The summed E-state index contributed by atoms with van der Waals surface area (Å²) in [7, 11) is -2.14. The molecular formula is C32H58O5Si. The molecule has 1 saturated heterocycles. The topological polar surface area (TPSA) is 61.8 Å². The van der Waals surface area contributed by atoms with Crippen molar-refractivity contribution in [2.75, 3.05) is 0 Å². The van der Waals surface area contributed by atoms with E-state index in [0.29, 0.717) is 6.42 Å². The highest BCUT2D eigenvalue weighted by molar-refractivity contribution is 6.74. The molecule has 0 aromatic rings. The number of carbonyl (C=O) groups excluding carboxylic acids is 2. The van der Waals surface area contributed by atoms with E-state index in [1.807, 2.05) is 0 Å². The standard InChI is InChI=1S/C32H58O5Si/c1-8-9-10-11-12-13-14-15-16-17-18-19-20-21-22-23-32-25-28(37-38(6,7)31(3,4)5)27(33)24-29(32)35-26(2)30(34)36-32/h13-14,26,28-29H,8-12,15-25H2,1-7H3/b14-13-/t26-,28-,29+,32+/m0/s1. The smallest absolute Gasteiger partial charge is 0.335 e. The van der Waals surface area contributed by atoms with Gasteiger partial charge in [0.15, 0.2) is 20.2 Å². The molecule has 0 bridgehead atoms. The summed E-state index contributed by atoms with van der Waals surface area (Å²) < 4.78 is 18.7. The Morgan fingerprint density at radius 2 is 1.47 bits per heavy atom. The molecule has 2 rings (SSSR count). The minimum absolute atomic E-state index is 0.0100. The Hall–Kier alpha value is -0.983. The van der Waals surface area contributed by atoms with Gasteiger partial charge >= 0.3 is 5.97 Å². The Balaban J connectivity index is 1.76. The molecule has 38 heavy (non-hydrogen) atoms. The molecule has 0 amide bonds. The minimum Gasteiger partial charge on any atom is -0.454 e. The fourth-order valence-electron chi connectivity index (χ4n) is 5.37. The number of hydrogen-bond acceptors (Lipinski definition) is 5. The summed E-state index contributed by atoms with van der Waals surface area (Å²) in [6, 6.07) is 0. The lowest BCUT2D eigenvalue weighted by molar-refractivity contribution is -0.241. The average Bonchev–Trinajstić information content (AvgIpc) is 2.83. The molecule has 1 heterocycles. The van der Waals surface area contributed by atoms with Crippen LogP contribution in [0.3, 0.4) is 0 Å². The van der Waals surface area contributed by atoms with E-state index < -0.39 is 26.1 Å². The first-order chi connectivity index (χ1) is 17.9. The fourth-order valence-corrected chi connectivity index (χ4v) is 6.65. The van der Waals surface area contributed by atoms with E-state index >= 15 is 0 Å². The maximum absolute atomic E-state index is 13.1. The molecule has 5 nitrogen and oxygen atoms in total. The van der Waals surface area contributed by atoms with Gasteiger partial charge in [-0.3, -0.25) is 4.79 Å². The van der Waals surface area contributed by atoms with Gasteiger partial charge in [0.05, 0.1) is 0 Å². The van der Waals surface area contributed by atoms with Crippen LogP contribution in [0, 0.1) is 0 Å². The van der Waals surface area contributed by atoms with Crippen molar-refractivity contribution in [1.82, 2.24) is 0 Å². The molecule has 4 atom stereocenters. The number of Topliss-reactive ketones (excluding diaryl/α,β-unsaturated/α-hetero) is 1. The third-order valence-corrected chi connectivity index (χ3v) is 13.5. The first-order valence-electron chi connectivity index (χ1n) is 15.7. The second kappa shape index (κ2) is 15.7. The summed E-state index contributed by atoms with van der Waals surface area (Å²) in [5.41, 5.74) is -0.743. The molecule has 0 aromatic heterocycles. The Bertz CT molecular complexity index is 755. The summed E-state index contributed by atoms with van der Waals surface area (Å²) in [6.45, 7) is 14.9. The van der Waals surface area contributed by atoms with E-state index in [1.165, 1.54) is 70.6 Å². The number of rotatable bonds is 17. The normalized spacial score (nSPS) is 26.6. The summed E-state index contributed by atoms with van der Waals surface area (Å²) >= 11 is 0. The van der Waals surface area contributed by atoms with Crippen LogP contribution in [0.2, 0.25) is 18.1 Å². The molecule has 1 aliphatic heterocycles. The van der Waals surface area contributed by atoms with Crippen molar-refractivity contribution in [3.05, 3.63) is 12.2 Å². The van der Waals surface area contributed by atoms with E-state index in [2.05, 4.69) is 52.9 Å². The van der Waals surface area contributed by atoms with Crippen molar-refractivity contribution in [2.24, 2.45) is 0 Å². The van der Waals surface area contributed by atoms with Gasteiger partial charge in [-0.2, -0.15) is 0 Å². The van der Waals surface area contributed by atoms with Gasteiger partial charge in [-0.15, -0.1) is 0 Å². The summed E-state index contributed by atoms with van der Waals surface area (Å²) in [6.07, 6.45) is 20.9. The first-order valence-corrected chi connectivity index (χ1v) is 18.6. The zero-order chi connectivity index (χ0) is 28.2. The van der Waals surface area contributed by atoms with E-state index in [0.717, 1.165) is 19.3 Å². The van der Waals surface area contributed by atoms with Gasteiger partial charge in [0.2, 0.25) is 0 Å². The van der Waals surface area contributed by atoms with Gasteiger partial charge in [0.25, 0.3) is 0 Å². The lowest BCUT2D eigenvalue weighted by Crippen LogP contribution is -2.63. The van der Waals surface area contributed by atoms with E-state index in [9.17, 15) is 9.59 Å². The van der Waals surface area contributed by atoms with Crippen molar-refractivity contribution in [1.29, 1.82) is 0 Å². The number of allylic oxidation sites excluding steroid dienone is 2. The first kappa shape index (κ1) is 33.2. The third-order valence-electron chi connectivity index (χ3n) is 8.97. The molecule has 0 aromatic carbocycles. The summed E-state index contributed by atoms with van der Waals surface area (Å²) in [5.74, 6) is -0.219. The number of ketones is 1. The number of ether oxygens (including phenoxy) is 2. The monoisotopic (exact) mass is 550 g/mol. The molecular weight excluding hydrogens is 492 g/mol. The van der Waals surface area contributed by atoms with Crippen molar-refractivity contribution in [3.8, 4) is 0 Å². The van der Waals surface area contributed by atoms with Crippen molar-refractivity contribution < 1.29 is 23.5 Å². The van der Waals surface area contributed by atoms with E-state index in [4.69, 9.17) is 13.9 Å². The predicted octanol–water partition coefficient (Wildman–Crippen LogP) is 8.85. The fraction of sp³-hybridized carbons (Fsp3) is 0.875. The summed E-state index contributed by atoms with van der Waals surface area (Å²) in [4.78, 5) is 25.6. The van der Waals surface area contributed by atoms with Crippen LogP contribution in [0.25, 0.3) is 0 Å². The van der Waals surface area contributed by atoms with Crippen LogP contribution < -0.4 is 0 Å². The minimum atomic E-state index is -2.14. The van der Waals surface area contributed by atoms with Gasteiger partial charge < -0.3 is 13.9 Å². The second-order valence-corrected chi connectivity index (χ2v) is 18.1. The van der Waals surface area contributed by atoms with Crippen molar-refractivity contribution >= 4 is 20.1 Å². The summed E-state index contributed by atoms with van der Waals surface area (Å²) in [5, 5.41) is 0.0100. The lowest BCUT2D eigenvalue weighted by atomic mass is 9.75. The molecule has 220 valence electrons. The van der Waals surface area contributed by atoms with Crippen LogP contribution >= 0.6 is 0 Å². The average molecular weight is 551 g/mol. The lowest BCUT2D eigenvalue weighted by Gasteiger charge is -2.50. The van der Waals surface area contributed by atoms with Gasteiger partial charge in [-0.25, -0.2) is 4.79 Å². The Morgan fingerprint density at radius 3 is 2.05 bits per heavy atom. The number of fused-ring (bicyclic) bond motifs is 1. The number of esters is 1. The Morgan fingerprint density at radius 1 is 0.921 bits per heavy atom. The molecule has 2 aliphatic rings. The highest BCUT2D eigenvalue weighted by atomic mass is 28.4. The van der Waals surface area contributed by atoms with Crippen LogP contribution in [0.15, 0.2) is 12.2 Å². The molecule has 0 N–H and O–H groups in total. The number of hydrogen-bond donors (Lipinski definition) is 0. The quantitative estimate of drug-likeness (QED) is 0.0783. The van der Waals surface area contributed by atoms with Crippen LogP contribution in [0.5, 0.6) is 0 Å². The van der Waals surface area contributed by atoms with Crippen LogP contribution in [0.4, 0.5) is 0 Å². The zero-order valence-corrected chi connectivity index (χ0v) is 26.7. The maximum Gasteiger partial charge on any atom is 0.335 e. The number of unbranched alkanes of at least 4 members (excludes halogenated alkanes) is 11. The van der Waals surface area contributed by atoms with Crippen LogP contribution in [0.1, 0.15) is 137 Å². The van der Waals surface area contributed by atoms with Gasteiger partial charge in [0.1, 0.15) is 17.8 Å². The van der Waals surface area contributed by atoms with Gasteiger partial charge in [0, 0.05) is 12.8 Å². The third kappa shape index (κ3) is 10.2. The maximum atomic E-state index is 13.1. The highest BCUT2D eigenvalue weighted by Gasteiger charge is 2.56. The van der Waals surface area contributed by atoms with Gasteiger partial charge in [-0.1, -0.05) is 91.2 Å². The zero-order valence-electron chi connectivity index (χ0n) is 25.7. The van der Waals surface area contributed by atoms with Crippen LogP contribution in [-0.4, -0.2) is 44.0 Å². The second-order valence-electron chi connectivity index (χ2n) is 13.3. The molecule has 1 saturated carbocycles. The van der Waals surface area contributed by atoms with E-state index in [-0.39, 0.29) is 29.3 Å². The van der Waals surface area contributed by atoms with Crippen molar-refractivity contribution in [2.45, 2.75) is 179 Å². The molecule has 2 fully saturated rings. The van der Waals surface area contributed by atoms with Crippen LogP contribution in [-0.2, 0) is 23.5 Å². The molecule has 0 unspecified atom stereocenters. The van der Waals surface area contributed by atoms with Gasteiger partial charge in [-0.05, 0) is 63.6 Å². The Kier molecular flexibility index (Phi) is 13.7. The Labute approximate surface area is 235 Å². The molecule has 0 radical (unpaired) electrons. The molecule has 0 spiro atoms. The number of carbonyl (C=O) groups is 2. The SMILES string of the molecule is CCCCCC/C=C\CCCCCCCCC[C@@]12C[C@H](O[Si](C)(C)C(C)(C)C)C(=O)C[C@H]1O[C@@H](C)C(=O)O2. The molecule has 1 aliphatic carbocycles.